The summed E-state index contributed by atoms with van der Waals surface area (Å²) in [6, 6.07) is 6.94. The third-order valence-electron chi connectivity index (χ3n) is 7.96. The van der Waals surface area contributed by atoms with E-state index in [-0.39, 0.29) is 53.9 Å². The monoisotopic (exact) mass is 571 g/mol. The number of ether oxygens (including phenoxy) is 2. The topological polar surface area (TPSA) is 103 Å². The van der Waals surface area contributed by atoms with E-state index in [1.165, 1.54) is 6.07 Å². The fourth-order valence-electron chi connectivity index (χ4n) is 5.66. The molecule has 4 atom stereocenters. The molecule has 0 saturated carbocycles. The van der Waals surface area contributed by atoms with Crippen molar-refractivity contribution in [2.24, 2.45) is 11.8 Å². The zero-order valence-corrected chi connectivity index (χ0v) is 24.2. The van der Waals surface area contributed by atoms with Crippen LogP contribution in [-0.2, 0) is 25.8 Å². The van der Waals surface area contributed by atoms with Gasteiger partial charge in [-0.3, -0.25) is 4.79 Å². The Morgan fingerprint density at radius 3 is 2.55 bits per heavy atom. The van der Waals surface area contributed by atoms with E-state index in [2.05, 4.69) is 16.8 Å². The fraction of sp³-hybridized carbons (Fsp3) is 0.548. The van der Waals surface area contributed by atoms with E-state index in [0.717, 1.165) is 29.5 Å². The highest BCUT2D eigenvalue weighted by molar-refractivity contribution is 7.91. The van der Waals surface area contributed by atoms with Gasteiger partial charge in [0.05, 0.1) is 30.1 Å². The molecule has 1 fully saturated rings. The van der Waals surface area contributed by atoms with Crippen LogP contribution in [0.4, 0.5) is 4.39 Å². The number of carboxylic acids is 1. The molecule has 0 bridgehead atoms. The van der Waals surface area contributed by atoms with Gasteiger partial charge in [0.15, 0.2) is 9.84 Å². The highest BCUT2D eigenvalue weighted by Gasteiger charge is 2.31. The van der Waals surface area contributed by atoms with Crippen molar-refractivity contribution < 1.29 is 32.2 Å². The van der Waals surface area contributed by atoms with E-state index in [1.807, 2.05) is 19.9 Å². The van der Waals surface area contributed by atoms with Gasteiger partial charge in [0.1, 0.15) is 11.9 Å². The maximum atomic E-state index is 15.1. The third kappa shape index (κ3) is 7.61. The Hall–Kier alpha value is -2.96. The number of aliphatic carboxylic acids is 1. The van der Waals surface area contributed by atoms with E-state index >= 15 is 4.39 Å². The van der Waals surface area contributed by atoms with Crippen molar-refractivity contribution in [2.75, 3.05) is 11.5 Å². The molecular formula is C31H38FNO6S. The zero-order valence-electron chi connectivity index (χ0n) is 23.4. The van der Waals surface area contributed by atoms with Crippen LogP contribution >= 0.6 is 0 Å². The Bertz CT molecular complexity index is 1350. The molecule has 1 aromatic carbocycles. The summed E-state index contributed by atoms with van der Waals surface area (Å²) in [6.45, 7) is 5.72. The quantitative estimate of drug-likeness (QED) is 0.342. The van der Waals surface area contributed by atoms with E-state index in [4.69, 9.17) is 9.47 Å². The lowest BCUT2D eigenvalue weighted by molar-refractivity contribution is -0.138. The molecule has 7 nitrogen and oxygen atoms in total. The van der Waals surface area contributed by atoms with Gasteiger partial charge in [0, 0.05) is 29.3 Å². The molecule has 9 heteroatoms. The highest BCUT2D eigenvalue weighted by atomic mass is 32.2. The molecule has 1 saturated heterocycles. The Morgan fingerprint density at radius 2 is 1.90 bits per heavy atom. The van der Waals surface area contributed by atoms with Crippen molar-refractivity contribution in [3.63, 3.8) is 0 Å². The molecule has 2 unspecified atom stereocenters. The number of nitrogens with zero attached hydrogens (tertiary/aromatic N) is 1. The summed E-state index contributed by atoms with van der Waals surface area (Å²) in [4.78, 5) is 15.6. The largest absolute Gasteiger partial charge is 0.481 e. The second kappa shape index (κ2) is 13.1. The van der Waals surface area contributed by atoms with E-state index in [0.29, 0.717) is 37.1 Å². The van der Waals surface area contributed by atoms with Crippen LogP contribution in [0.15, 0.2) is 30.5 Å². The minimum atomic E-state index is -2.96. The van der Waals surface area contributed by atoms with Crippen molar-refractivity contribution in [1.29, 1.82) is 0 Å². The van der Waals surface area contributed by atoms with Gasteiger partial charge < -0.3 is 14.6 Å². The molecular weight excluding hydrogens is 533 g/mol. The summed E-state index contributed by atoms with van der Waals surface area (Å²) < 4.78 is 50.6. The van der Waals surface area contributed by atoms with Crippen LogP contribution in [0.5, 0.6) is 5.88 Å². The first-order chi connectivity index (χ1) is 19.1. The number of hydrogen-bond donors (Lipinski definition) is 1. The van der Waals surface area contributed by atoms with Crippen LogP contribution in [-0.4, -0.2) is 48.2 Å². The van der Waals surface area contributed by atoms with Gasteiger partial charge >= 0.3 is 5.97 Å². The van der Waals surface area contributed by atoms with Crippen molar-refractivity contribution in [2.45, 2.75) is 84.0 Å². The van der Waals surface area contributed by atoms with Gasteiger partial charge in [-0.2, -0.15) is 0 Å². The Balaban J connectivity index is 1.39. The standard InChI is InChI=1S/C31H38FNO6S/c1-4-5-22(18-30(34)35)20(2)6-7-21(3)38-28-12-10-26-25(9-11-27(32)31(26)28)23-8-13-29(33-19-23)39-24-14-16-40(36,37)17-15-24/h8-9,11,13,19-22,24,28H,6-7,10,12,14-18H2,1-3H3,(H,34,35)/t20?,21?,22-,28+/m0/s1. The average molecular weight is 572 g/mol. The number of benzene rings is 1. The number of sulfone groups is 1. The number of halogens is 1. The summed E-state index contributed by atoms with van der Waals surface area (Å²) in [7, 11) is -2.96. The molecule has 4 rings (SSSR count). The normalized spacial score (nSPS) is 20.6. The summed E-state index contributed by atoms with van der Waals surface area (Å²) in [6.07, 6.45) is 4.92. The fourth-order valence-corrected chi connectivity index (χ4v) is 7.11. The minimum absolute atomic E-state index is 0.0219. The molecule has 1 aliphatic heterocycles. The van der Waals surface area contributed by atoms with Crippen LogP contribution in [0.2, 0.25) is 0 Å². The Morgan fingerprint density at radius 1 is 1.15 bits per heavy atom. The predicted octanol–water partition coefficient (Wildman–Crippen LogP) is 5.77. The Labute approximate surface area is 236 Å². The van der Waals surface area contributed by atoms with Gasteiger partial charge in [0.25, 0.3) is 0 Å². The maximum absolute atomic E-state index is 15.1. The number of rotatable bonds is 11. The molecule has 2 aliphatic rings. The van der Waals surface area contributed by atoms with Crippen LogP contribution in [0.3, 0.4) is 0 Å². The van der Waals surface area contributed by atoms with Gasteiger partial charge in [-0.15, -0.1) is 5.92 Å². The first kappa shape index (κ1) is 30.0. The van der Waals surface area contributed by atoms with Gasteiger partial charge in [-0.05, 0) is 81.5 Å². The average Bonchev–Trinajstić information content (AvgIpc) is 3.33. The van der Waals surface area contributed by atoms with Crippen molar-refractivity contribution in [1.82, 2.24) is 4.98 Å². The lowest BCUT2D eigenvalue weighted by Crippen LogP contribution is -2.30. The van der Waals surface area contributed by atoms with Crippen LogP contribution in [0.1, 0.15) is 76.5 Å². The molecule has 1 N–H and O–H groups in total. The first-order valence-electron chi connectivity index (χ1n) is 14.0. The SMILES string of the molecule is CC#C[C@@H](CC(=O)O)C(C)CCC(C)O[C@@H]1CCc2c(-c3ccc(OC4CCS(=O)(=O)CC4)nc3)ccc(F)c21. The molecule has 2 aromatic rings. The molecule has 0 radical (unpaired) electrons. The second-order valence-electron chi connectivity index (χ2n) is 11.0. The number of aromatic nitrogens is 1. The van der Waals surface area contributed by atoms with Crippen LogP contribution in [0, 0.1) is 29.5 Å². The van der Waals surface area contributed by atoms with Crippen molar-refractivity contribution in [3.8, 4) is 28.8 Å². The second-order valence-corrected chi connectivity index (χ2v) is 13.3. The van der Waals surface area contributed by atoms with Gasteiger partial charge in [-0.1, -0.05) is 18.9 Å². The van der Waals surface area contributed by atoms with E-state index in [9.17, 15) is 18.3 Å². The number of hydrogen-bond acceptors (Lipinski definition) is 6. The lowest BCUT2D eigenvalue weighted by atomic mass is 9.87. The van der Waals surface area contributed by atoms with Crippen molar-refractivity contribution in [3.05, 3.63) is 47.4 Å². The summed E-state index contributed by atoms with van der Waals surface area (Å²) in [5, 5.41) is 9.19. The van der Waals surface area contributed by atoms with Crippen LogP contribution in [0.25, 0.3) is 11.1 Å². The summed E-state index contributed by atoms with van der Waals surface area (Å²) in [5.41, 5.74) is 3.31. The molecule has 1 aromatic heterocycles. The first-order valence-corrected chi connectivity index (χ1v) is 15.8. The molecule has 216 valence electrons. The molecule has 0 amide bonds. The highest BCUT2D eigenvalue weighted by Crippen LogP contribution is 2.42. The molecule has 40 heavy (non-hydrogen) atoms. The maximum Gasteiger partial charge on any atom is 0.304 e. The molecule has 1 aliphatic carbocycles. The summed E-state index contributed by atoms with van der Waals surface area (Å²) in [5.74, 6) is 5.37. The number of fused-ring (bicyclic) bond motifs is 1. The number of carbonyl (C=O) groups is 1. The predicted molar refractivity (Wildman–Crippen MR) is 151 cm³/mol. The summed E-state index contributed by atoms with van der Waals surface area (Å²) >= 11 is 0. The Kier molecular flexibility index (Phi) is 9.85. The molecule has 0 spiro atoms. The smallest absolute Gasteiger partial charge is 0.304 e. The van der Waals surface area contributed by atoms with E-state index in [1.54, 1.807) is 25.3 Å². The van der Waals surface area contributed by atoms with Gasteiger partial charge in [-0.25, -0.2) is 17.8 Å². The zero-order chi connectivity index (χ0) is 28.9. The van der Waals surface area contributed by atoms with Crippen molar-refractivity contribution >= 4 is 15.8 Å². The van der Waals surface area contributed by atoms with Gasteiger partial charge in [0.2, 0.25) is 5.88 Å². The van der Waals surface area contributed by atoms with E-state index < -0.39 is 15.8 Å². The number of carboxylic acid groups (broad SMARTS) is 1. The lowest BCUT2D eigenvalue weighted by Gasteiger charge is -2.23. The van der Waals surface area contributed by atoms with Crippen LogP contribution < -0.4 is 4.74 Å². The number of pyridine rings is 1. The third-order valence-corrected chi connectivity index (χ3v) is 9.67. The minimum Gasteiger partial charge on any atom is -0.481 e. The molecule has 2 heterocycles.